The predicted molar refractivity (Wildman–Crippen MR) is 189 cm³/mol. The largest absolute Gasteiger partial charge is 0.505 e. The Morgan fingerprint density at radius 1 is 0.500 bits per heavy atom. The molecule has 0 saturated carbocycles. The number of rotatable bonds is 4. The fourth-order valence-corrected chi connectivity index (χ4v) is 6.91. The van der Waals surface area contributed by atoms with Gasteiger partial charge in [0.2, 0.25) is 0 Å². The summed E-state index contributed by atoms with van der Waals surface area (Å²) in [7, 11) is 0. The van der Waals surface area contributed by atoms with Crippen LogP contribution in [-0.4, -0.2) is 19.6 Å². The minimum absolute atomic E-state index is 0.201. The van der Waals surface area contributed by atoms with Crippen molar-refractivity contribution < 1.29 is 5.11 Å². The van der Waals surface area contributed by atoms with Gasteiger partial charge in [0.1, 0.15) is 17.1 Å². The number of benzene rings is 7. The van der Waals surface area contributed by atoms with E-state index in [-0.39, 0.29) is 5.75 Å². The highest BCUT2D eigenvalue weighted by atomic mass is 16.3. The molecule has 2 heterocycles. The predicted octanol–water partition coefficient (Wildman–Crippen LogP) is 10.6. The molecule has 216 valence electrons. The van der Waals surface area contributed by atoms with Crippen molar-refractivity contribution in [3.63, 3.8) is 0 Å². The van der Waals surface area contributed by atoms with Gasteiger partial charge >= 0.3 is 0 Å². The number of aromatic hydroxyl groups is 1. The van der Waals surface area contributed by atoms with E-state index in [2.05, 4.69) is 125 Å². The van der Waals surface area contributed by atoms with E-state index >= 15 is 0 Å². The lowest BCUT2D eigenvalue weighted by molar-refractivity contribution is 0.482. The number of hydrogen-bond acceptors (Lipinski definition) is 3. The standard InChI is InChI=1S/C42H27N3O/c46-41-35(25-24-28-11-10-26-43-40(28)41)39-33-16-6-4-14-31(33)38(32-15-5-7-17-34(32)39)27-20-22-29(23-21-27)42-44-36-18-8-9-19-37(36)45(42)30-12-2-1-3-13-30/h1-26,46H. The Morgan fingerprint density at radius 3 is 1.83 bits per heavy atom. The van der Waals surface area contributed by atoms with E-state index in [1.54, 1.807) is 6.20 Å². The molecule has 0 aliphatic heterocycles. The van der Waals surface area contributed by atoms with E-state index in [9.17, 15) is 5.11 Å². The highest BCUT2D eigenvalue weighted by molar-refractivity contribution is 6.22. The van der Waals surface area contributed by atoms with Crippen molar-refractivity contribution in [3.05, 3.63) is 158 Å². The maximum atomic E-state index is 11.5. The van der Waals surface area contributed by atoms with E-state index in [0.717, 1.165) is 77.3 Å². The molecule has 0 unspecified atom stereocenters. The third-order valence-electron chi connectivity index (χ3n) is 8.96. The molecule has 0 fully saturated rings. The van der Waals surface area contributed by atoms with Gasteiger partial charge < -0.3 is 5.11 Å². The minimum Gasteiger partial charge on any atom is -0.505 e. The second-order valence-corrected chi connectivity index (χ2v) is 11.6. The molecule has 2 aromatic heterocycles. The van der Waals surface area contributed by atoms with Crippen molar-refractivity contribution >= 4 is 43.5 Å². The molecule has 9 rings (SSSR count). The van der Waals surface area contributed by atoms with Gasteiger partial charge in [-0.25, -0.2) is 4.98 Å². The van der Waals surface area contributed by atoms with Gasteiger partial charge in [0.15, 0.2) is 0 Å². The first-order chi connectivity index (χ1) is 22.8. The van der Waals surface area contributed by atoms with E-state index < -0.39 is 0 Å². The number of imidazole rings is 1. The molecule has 0 amide bonds. The van der Waals surface area contributed by atoms with Crippen LogP contribution in [0.4, 0.5) is 0 Å². The van der Waals surface area contributed by atoms with Crippen LogP contribution in [-0.2, 0) is 0 Å². The summed E-state index contributed by atoms with van der Waals surface area (Å²) in [5.74, 6) is 1.11. The van der Waals surface area contributed by atoms with Gasteiger partial charge in [0.05, 0.1) is 11.0 Å². The number of phenolic OH excluding ortho intramolecular Hbond substituents is 1. The van der Waals surface area contributed by atoms with E-state index in [4.69, 9.17) is 4.98 Å². The highest BCUT2D eigenvalue weighted by Crippen LogP contribution is 2.47. The Bertz CT molecular complexity index is 2530. The Hall–Kier alpha value is -6.26. The number of hydrogen-bond donors (Lipinski definition) is 1. The first kappa shape index (κ1) is 26.2. The normalized spacial score (nSPS) is 11.6. The molecule has 0 radical (unpaired) electrons. The maximum Gasteiger partial charge on any atom is 0.149 e. The van der Waals surface area contributed by atoms with Crippen molar-refractivity contribution in [2.75, 3.05) is 0 Å². The first-order valence-corrected chi connectivity index (χ1v) is 15.4. The monoisotopic (exact) mass is 589 g/mol. The van der Waals surface area contributed by atoms with Gasteiger partial charge in [0.25, 0.3) is 0 Å². The Kier molecular flexibility index (Phi) is 5.93. The van der Waals surface area contributed by atoms with E-state index in [1.165, 1.54) is 0 Å². The second kappa shape index (κ2) is 10.4. The van der Waals surface area contributed by atoms with Crippen LogP contribution < -0.4 is 0 Å². The summed E-state index contributed by atoms with van der Waals surface area (Å²) in [6.07, 6.45) is 1.73. The van der Waals surface area contributed by atoms with E-state index in [0.29, 0.717) is 5.52 Å². The molecule has 46 heavy (non-hydrogen) atoms. The van der Waals surface area contributed by atoms with Crippen molar-refractivity contribution in [2.24, 2.45) is 0 Å². The highest BCUT2D eigenvalue weighted by Gasteiger charge is 2.20. The molecule has 0 aliphatic rings. The summed E-state index contributed by atoms with van der Waals surface area (Å²) in [5.41, 5.74) is 8.84. The molecular formula is C42H27N3O. The molecule has 0 aliphatic carbocycles. The summed E-state index contributed by atoms with van der Waals surface area (Å²) in [4.78, 5) is 9.58. The molecule has 0 atom stereocenters. The van der Waals surface area contributed by atoms with Crippen LogP contribution >= 0.6 is 0 Å². The summed E-state index contributed by atoms with van der Waals surface area (Å²) < 4.78 is 2.23. The molecule has 0 bridgehead atoms. The Balaban J connectivity index is 1.26. The van der Waals surface area contributed by atoms with Gasteiger partial charge in [-0.05, 0) is 69.1 Å². The van der Waals surface area contributed by atoms with Crippen molar-refractivity contribution in [3.8, 4) is 45.1 Å². The van der Waals surface area contributed by atoms with Crippen LogP contribution in [0.2, 0.25) is 0 Å². The fourth-order valence-electron chi connectivity index (χ4n) is 6.91. The minimum atomic E-state index is 0.201. The van der Waals surface area contributed by atoms with Crippen molar-refractivity contribution in [2.45, 2.75) is 0 Å². The molecule has 4 heteroatoms. The van der Waals surface area contributed by atoms with Crippen LogP contribution in [0.5, 0.6) is 5.75 Å². The SMILES string of the molecule is Oc1c(-c2c3ccccc3c(-c3ccc(-c4nc5ccccc5n4-c4ccccc4)cc3)c3ccccc23)ccc2cccnc12. The Morgan fingerprint density at radius 2 is 1.11 bits per heavy atom. The lowest BCUT2D eigenvalue weighted by Crippen LogP contribution is -1.97. The maximum absolute atomic E-state index is 11.5. The van der Waals surface area contributed by atoms with Gasteiger partial charge in [-0.2, -0.15) is 0 Å². The van der Waals surface area contributed by atoms with Crippen LogP contribution in [0.1, 0.15) is 0 Å². The summed E-state index contributed by atoms with van der Waals surface area (Å²) in [5, 5.41) is 16.9. The van der Waals surface area contributed by atoms with Crippen LogP contribution in [0.3, 0.4) is 0 Å². The van der Waals surface area contributed by atoms with Gasteiger partial charge in [-0.1, -0.05) is 115 Å². The molecule has 1 N–H and O–H groups in total. The molecular weight excluding hydrogens is 562 g/mol. The smallest absolute Gasteiger partial charge is 0.149 e. The average molecular weight is 590 g/mol. The second-order valence-electron chi connectivity index (χ2n) is 11.6. The third kappa shape index (κ3) is 4.01. The topological polar surface area (TPSA) is 50.9 Å². The lowest BCUT2D eigenvalue weighted by Gasteiger charge is -2.19. The number of pyridine rings is 1. The summed E-state index contributed by atoms with van der Waals surface area (Å²) in [6, 6.07) is 52.3. The van der Waals surface area contributed by atoms with Gasteiger partial charge in [0, 0.05) is 34.0 Å². The Labute approximate surface area is 265 Å². The lowest BCUT2D eigenvalue weighted by atomic mass is 9.85. The number of para-hydroxylation sites is 3. The molecule has 0 spiro atoms. The van der Waals surface area contributed by atoms with Gasteiger partial charge in [-0.15, -0.1) is 0 Å². The molecule has 4 nitrogen and oxygen atoms in total. The molecule has 9 aromatic rings. The number of phenols is 1. The number of fused-ring (bicyclic) bond motifs is 4. The zero-order valence-corrected chi connectivity index (χ0v) is 24.8. The summed E-state index contributed by atoms with van der Waals surface area (Å²) in [6.45, 7) is 0. The summed E-state index contributed by atoms with van der Waals surface area (Å²) >= 11 is 0. The third-order valence-corrected chi connectivity index (χ3v) is 8.96. The number of nitrogens with zero attached hydrogens (tertiary/aromatic N) is 3. The van der Waals surface area contributed by atoms with Gasteiger partial charge in [-0.3, -0.25) is 9.55 Å². The fraction of sp³-hybridized carbons (Fsp3) is 0. The van der Waals surface area contributed by atoms with Crippen molar-refractivity contribution in [1.82, 2.24) is 14.5 Å². The van der Waals surface area contributed by atoms with Crippen molar-refractivity contribution in [1.29, 1.82) is 0 Å². The van der Waals surface area contributed by atoms with Crippen LogP contribution in [0.15, 0.2) is 158 Å². The molecule has 7 aromatic carbocycles. The quantitative estimate of drug-likeness (QED) is 0.208. The zero-order chi connectivity index (χ0) is 30.6. The zero-order valence-electron chi connectivity index (χ0n) is 24.8. The molecule has 0 saturated heterocycles. The number of aromatic nitrogens is 3. The van der Waals surface area contributed by atoms with E-state index in [1.807, 2.05) is 36.4 Å². The first-order valence-electron chi connectivity index (χ1n) is 15.4. The average Bonchev–Trinajstić information content (AvgIpc) is 3.51. The van der Waals surface area contributed by atoms with Crippen LogP contribution in [0, 0.1) is 0 Å². The van der Waals surface area contributed by atoms with Crippen LogP contribution in [0.25, 0.3) is 82.8 Å².